The van der Waals surface area contributed by atoms with Gasteiger partial charge < -0.3 is 24.8 Å². The maximum Gasteiger partial charge on any atom is 0.419 e. The van der Waals surface area contributed by atoms with E-state index in [9.17, 15) is 18.0 Å². The molecule has 2 aromatic heterocycles. The van der Waals surface area contributed by atoms with E-state index in [1.54, 1.807) is 12.1 Å². The molecule has 0 radical (unpaired) electrons. The number of hydrogen-bond donors (Lipinski definition) is 2. The normalized spacial score (nSPS) is 16.4. The van der Waals surface area contributed by atoms with E-state index in [0.29, 0.717) is 23.5 Å². The van der Waals surface area contributed by atoms with Gasteiger partial charge in [0.1, 0.15) is 5.75 Å². The molecule has 3 aromatic rings. The van der Waals surface area contributed by atoms with Crippen LogP contribution in [0.25, 0.3) is 11.0 Å². The van der Waals surface area contributed by atoms with Crippen LogP contribution in [0.1, 0.15) is 18.4 Å². The second-order valence-corrected chi connectivity index (χ2v) is 7.93. The van der Waals surface area contributed by atoms with Gasteiger partial charge in [0.2, 0.25) is 17.8 Å². The number of hydrogen-bond acceptors (Lipinski definition) is 7. The average molecular weight is 475 g/mol. The molecule has 0 bridgehead atoms. The van der Waals surface area contributed by atoms with Crippen LogP contribution in [-0.2, 0) is 18.0 Å². The standard InChI is InChI=1S/C22H24F3N7O2/c1-4-19(33)29-16-8-15-17(9-18(16)34-3)31(2)21(30-15)32-7-5-6-14(12-32)28-20-26-10-13(11-27-20)22(23,24)25/h4,8-11,14H,1,5-7,12H2,2-3H3,(H,29,33)(H,26,27,28). The number of fused-ring (bicyclic) bond motifs is 1. The van der Waals surface area contributed by atoms with Gasteiger partial charge in [-0.2, -0.15) is 13.2 Å². The maximum absolute atomic E-state index is 12.7. The number of carbonyl (C=O) groups is 1. The summed E-state index contributed by atoms with van der Waals surface area (Å²) in [6, 6.07) is 3.48. The van der Waals surface area contributed by atoms with Gasteiger partial charge in [0.15, 0.2) is 0 Å². The van der Waals surface area contributed by atoms with Crippen LogP contribution in [0.3, 0.4) is 0 Å². The first kappa shape index (κ1) is 23.3. The van der Waals surface area contributed by atoms with E-state index in [1.165, 1.54) is 13.2 Å². The molecule has 0 saturated carbocycles. The fraction of sp³-hybridized carbons (Fsp3) is 0.364. The zero-order valence-corrected chi connectivity index (χ0v) is 18.7. The van der Waals surface area contributed by atoms with Gasteiger partial charge in [0.05, 0.1) is 29.4 Å². The Bertz CT molecular complexity index is 1210. The molecular weight excluding hydrogens is 451 g/mol. The van der Waals surface area contributed by atoms with Gasteiger partial charge in [0.25, 0.3) is 0 Å². The lowest BCUT2D eigenvalue weighted by molar-refractivity contribution is -0.138. The van der Waals surface area contributed by atoms with Crippen LogP contribution in [-0.4, -0.2) is 51.7 Å². The molecule has 2 N–H and O–H groups in total. The first-order valence-electron chi connectivity index (χ1n) is 10.6. The molecular formula is C22H24F3N7O2. The number of imidazole rings is 1. The quantitative estimate of drug-likeness (QED) is 0.526. The molecule has 12 heteroatoms. The number of piperidine rings is 1. The summed E-state index contributed by atoms with van der Waals surface area (Å²) < 4.78 is 45.6. The number of aromatic nitrogens is 4. The molecule has 1 aliphatic rings. The first-order valence-corrected chi connectivity index (χ1v) is 10.6. The van der Waals surface area contributed by atoms with Gasteiger partial charge >= 0.3 is 6.18 Å². The average Bonchev–Trinajstić information content (AvgIpc) is 3.13. The smallest absolute Gasteiger partial charge is 0.419 e. The Balaban J connectivity index is 1.54. The second-order valence-electron chi connectivity index (χ2n) is 7.93. The van der Waals surface area contributed by atoms with Crippen molar-refractivity contribution in [2.75, 3.05) is 35.7 Å². The first-order chi connectivity index (χ1) is 16.2. The highest BCUT2D eigenvalue weighted by Crippen LogP contribution is 2.33. The summed E-state index contributed by atoms with van der Waals surface area (Å²) in [5.41, 5.74) is 1.10. The molecule has 4 rings (SSSR count). The fourth-order valence-electron chi connectivity index (χ4n) is 3.95. The monoisotopic (exact) mass is 475 g/mol. The molecule has 1 atom stereocenters. The molecule has 1 unspecified atom stereocenters. The minimum Gasteiger partial charge on any atom is -0.494 e. The Hall–Kier alpha value is -3.83. The zero-order chi connectivity index (χ0) is 24.5. The summed E-state index contributed by atoms with van der Waals surface area (Å²) in [7, 11) is 3.41. The Morgan fingerprint density at radius 1 is 1.29 bits per heavy atom. The SMILES string of the molecule is C=CC(=O)Nc1cc2nc(N3CCCC(Nc4ncc(C(F)(F)F)cn4)C3)n(C)c2cc1OC. The number of benzene rings is 1. The van der Waals surface area contributed by atoms with E-state index in [0.717, 1.165) is 43.2 Å². The minimum atomic E-state index is -4.47. The number of rotatable bonds is 6. The van der Waals surface area contributed by atoms with Crippen molar-refractivity contribution in [1.29, 1.82) is 0 Å². The van der Waals surface area contributed by atoms with Gasteiger partial charge in [-0.15, -0.1) is 0 Å². The molecule has 0 spiro atoms. The topological polar surface area (TPSA) is 97.2 Å². The van der Waals surface area contributed by atoms with Crippen molar-refractivity contribution in [2.45, 2.75) is 25.1 Å². The summed E-state index contributed by atoms with van der Waals surface area (Å²) in [6.07, 6.45) is -0.0803. The number of anilines is 3. The van der Waals surface area contributed by atoms with Crippen LogP contribution in [0.2, 0.25) is 0 Å². The highest BCUT2D eigenvalue weighted by molar-refractivity contribution is 6.01. The molecule has 0 aliphatic carbocycles. The van der Waals surface area contributed by atoms with Crippen LogP contribution in [0.15, 0.2) is 37.2 Å². The van der Waals surface area contributed by atoms with Crippen molar-refractivity contribution < 1.29 is 22.7 Å². The summed E-state index contributed by atoms with van der Waals surface area (Å²) in [5.74, 6) is 1.01. The van der Waals surface area contributed by atoms with E-state index in [-0.39, 0.29) is 17.9 Å². The molecule has 1 aromatic carbocycles. The lowest BCUT2D eigenvalue weighted by Crippen LogP contribution is -2.43. The van der Waals surface area contributed by atoms with Gasteiger partial charge in [-0.25, -0.2) is 15.0 Å². The van der Waals surface area contributed by atoms with Gasteiger partial charge in [0, 0.05) is 44.6 Å². The van der Waals surface area contributed by atoms with Gasteiger partial charge in [-0.05, 0) is 25.0 Å². The summed E-state index contributed by atoms with van der Waals surface area (Å²) >= 11 is 0. The molecule has 1 aliphatic heterocycles. The number of methoxy groups -OCH3 is 1. The number of amides is 1. The van der Waals surface area contributed by atoms with Crippen LogP contribution >= 0.6 is 0 Å². The number of nitrogens with one attached hydrogen (secondary N) is 2. The number of halogens is 3. The maximum atomic E-state index is 12.7. The number of aryl methyl sites for hydroxylation is 1. The number of carbonyl (C=O) groups excluding carboxylic acids is 1. The highest BCUT2D eigenvalue weighted by Gasteiger charge is 2.31. The van der Waals surface area contributed by atoms with Crippen molar-refractivity contribution in [3.63, 3.8) is 0 Å². The Kier molecular flexibility index (Phi) is 6.31. The van der Waals surface area contributed by atoms with Crippen LogP contribution < -0.4 is 20.3 Å². The Labute approximate surface area is 193 Å². The minimum absolute atomic E-state index is 0.0673. The van der Waals surface area contributed by atoms with E-state index in [1.807, 2.05) is 11.6 Å². The lowest BCUT2D eigenvalue weighted by Gasteiger charge is -2.33. The summed E-state index contributed by atoms with van der Waals surface area (Å²) in [5, 5.41) is 5.84. The Morgan fingerprint density at radius 2 is 2.03 bits per heavy atom. The van der Waals surface area contributed by atoms with Gasteiger partial charge in [-0.3, -0.25) is 4.79 Å². The third-order valence-corrected chi connectivity index (χ3v) is 5.64. The van der Waals surface area contributed by atoms with Crippen molar-refractivity contribution in [3.8, 4) is 5.75 Å². The van der Waals surface area contributed by atoms with E-state index in [4.69, 9.17) is 9.72 Å². The van der Waals surface area contributed by atoms with Crippen LogP contribution in [0.5, 0.6) is 5.75 Å². The Morgan fingerprint density at radius 3 is 2.68 bits per heavy atom. The summed E-state index contributed by atoms with van der Waals surface area (Å²) in [6.45, 7) is 4.79. The van der Waals surface area contributed by atoms with E-state index in [2.05, 4.69) is 32.1 Å². The molecule has 1 saturated heterocycles. The molecule has 34 heavy (non-hydrogen) atoms. The molecule has 1 fully saturated rings. The molecule has 3 heterocycles. The lowest BCUT2D eigenvalue weighted by atomic mass is 10.1. The summed E-state index contributed by atoms with van der Waals surface area (Å²) in [4.78, 5) is 26.2. The van der Waals surface area contributed by atoms with E-state index < -0.39 is 11.7 Å². The largest absolute Gasteiger partial charge is 0.494 e. The second kappa shape index (κ2) is 9.20. The third-order valence-electron chi connectivity index (χ3n) is 5.64. The molecule has 9 nitrogen and oxygen atoms in total. The number of nitrogens with zero attached hydrogens (tertiary/aromatic N) is 5. The van der Waals surface area contributed by atoms with Crippen molar-refractivity contribution in [3.05, 3.63) is 42.7 Å². The molecule has 180 valence electrons. The van der Waals surface area contributed by atoms with Crippen molar-refractivity contribution in [1.82, 2.24) is 19.5 Å². The number of ether oxygens (including phenoxy) is 1. The predicted octanol–water partition coefficient (Wildman–Crippen LogP) is 3.60. The third kappa shape index (κ3) is 4.75. The fourth-order valence-corrected chi connectivity index (χ4v) is 3.95. The van der Waals surface area contributed by atoms with Crippen LogP contribution in [0, 0.1) is 0 Å². The number of alkyl halides is 3. The van der Waals surface area contributed by atoms with Crippen molar-refractivity contribution in [2.24, 2.45) is 7.05 Å². The van der Waals surface area contributed by atoms with Gasteiger partial charge in [-0.1, -0.05) is 6.58 Å². The molecule has 1 amide bonds. The highest BCUT2D eigenvalue weighted by atomic mass is 19.4. The van der Waals surface area contributed by atoms with Crippen LogP contribution in [0.4, 0.5) is 30.8 Å². The predicted molar refractivity (Wildman–Crippen MR) is 122 cm³/mol. The van der Waals surface area contributed by atoms with E-state index >= 15 is 0 Å². The van der Waals surface area contributed by atoms with Crippen molar-refractivity contribution >= 4 is 34.5 Å². The zero-order valence-electron chi connectivity index (χ0n) is 18.7.